The molecule has 0 spiro atoms. The van der Waals surface area contributed by atoms with Crippen molar-refractivity contribution in [3.63, 3.8) is 0 Å². The van der Waals surface area contributed by atoms with Crippen molar-refractivity contribution >= 4 is 22.5 Å². The van der Waals surface area contributed by atoms with Gasteiger partial charge in [-0.15, -0.1) is 0 Å². The fourth-order valence-electron chi connectivity index (χ4n) is 3.70. The second-order valence-corrected chi connectivity index (χ2v) is 6.56. The second kappa shape index (κ2) is 5.24. The van der Waals surface area contributed by atoms with Crippen molar-refractivity contribution in [2.75, 3.05) is 11.4 Å². The van der Waals surface area contributed by atoms with Crippen LogP contribution in [0, 0.1) is 17.2 Å². The van der Waals surface area contributed by atoms with E-state index < -0.39 is 6.04 Å². The van der Waals surface area contributed by atoms with Crippen molar-refractivity contribution in [1.29, 1.82) is 5.26 Å². The normalized spacial score (nSPS) is 27.1. The lowest BCUT2D eigenvalue weighted by Crippen LogP contribution is -2.46. The van der Waals surface area contributed by atoms with E-state index in [0.717, 1.165) is 29.3 Å². The molecule has 2 aromatic rings. The lowest BCUT2D eigenvalue weighted by molar-refractivity contribution is 0.125. The molecule has 2 heterocycles. The molecule has 1 saturated heterocycles. The van der Waals surface area contributed by atoms with E-state index in [1.54, 1.807) is 17.3 Å². The van der Waals surface area contributed by atoms with Gasteiger partial charge in [0.05, 0.1) is 24.5 Å². The molecule has 0 bridgehead atoms. The molecular formula is C18H18N4O. The maximum atomic E-state index is 12.9. The van der Waals surface area contributed by atoms with E-state index in [0.29, 0.717) is 12.5 Å². The van der Waals surface area contributed by atoms with Gasteiger partial charge < -0.3 is 4.90 Å². The molecule has 1 aliphatic carbocycles. The van der Waals surface area contributed by atoms with Gasteiger partial charge in [0.15, 0.2) is 0 Å². The predicted molar refractivity (Wildman–Crippen MR) is 87.9 cm³/mol. The summed E-state index contributed by atoms with van der Waals surface area (Å²) in [5.74, 6) is 0.668. The number of nitrogens with zero attached hydrogens (tertiary/aromatic N) is 4. The van der Waals surface area contributed by atoms with Gasteiger partial charge in [-0.3, -0.25) is 9.88 Å². The van der Waals surface area contributed by atoms with Gasteiger partial charge in [0.25, 0.3) is 0 Å². The first-order chi connectivity index (χ1) is 11.2. The summed E-state index contributed by atoms with van der Waals surface area (Å²) in [7, 11) is 0. The van der Waals surface area contributed by atoms with Gasteiger partial charge in [0.1, 0.15) is 6.04 Å². The molecule has 0 N–H and O–H groups in total. The van der Waals surface area contributed by atoms with Crippen LogP contribution in [0.25, 0.3) is 10.8 Å². The number of urea groups is 1. The lowest BCUT2D eigenvalue weighted by atomic mass is 9.81. The van der Waals surface area contributed by atoms with Crippen LogP contribution in [0.2, 0.25) is 0 Å². The molecule has 2 aliphatic rings. The quantitative estimate of drug-likeness (QED) is 0.856. The van der Waals surface area contributed by atoms with Gasteiger partial charge in [-0.2, -0.15) is 5.26 Å². The van der Waals surface area contributed by atoms with Gasteiger partial charge in [-0.25, -0.2) is 4.79 Å². The van der Waals surface area contributed by atoms with E-state index in [2.05, 4.69) is 18.0 Å². The Bertz CT molecular complexity index is 801. The molecule has 2 amide bonds. The molecular weight excluding hydrogens is 288 g/mol. The number of benzene rings is 1. The molecule has 23 heavy (non-hydrogen) atoms. The number of carbonyl (C=O) groups excluding carboxylic acids is 1. The number of fused-ring (bicyclic) bond motifs is 1. The summed E-state index contributed by atoms with van der Waals surface area (Å²) in [6.07, 6.45) is 5.54. The third-order valence-corrected chi connectivity index (χ3v) is 4.98. The van der Waals surface area contributed by atoms with Crippen LogP contribution in [0.1, 0.15) is 19.8 Å². The Morgan fingerprint density at radius 1 is 1.26 bits per heavy atom. The highest BCUT2D eigenvalue weighted by molar-refractivity contribution is 6.04. The first-order valence-electron chi connectivity index (χ1n) is 8.01. The van der Waals surface area contributed by atoms with Crippen molar-refractivity contribution in [3.05, 3.63) is 36.7 Å². The van der Waals surface area contributed by atoms with Crippen LogP contribution in [0.4, 0.5) is 10.5 Å². The molecule has 4 rings (SSSR count). The first-order valence-corrected chi connectivity index (χ1v) is 8.01. The highest BCUT2D eigenvalue weighted by Gasteiger charge is 2.45. The van der Waals surface area contributed by atoms with E-state index in [4.69, 9.17) is 0 Å². The monoisotopic (exact) mass is 306 g/mol. The molecule has 5 nitrogen and oxygen atoms in total. The lowest BCUT2D eigenvalue weighted by Gasteiger charge is -2.39. The average Bonchev–Trinajstić information content (AvgIpc) is 2.87. The van der Waals surface area contributed by atoms with Crippen LogP contribution in [-0.2, 0) is 0 Å². The van der Waals surface area contributed by atoms with Gasteiger partial charge in [-0.1, -0.05) is 31.2 Å². The second-order valence-electron chi connectivity index (χ2n) is 6.56. The Balaban J connectivity index is 1.74. The Morgan fingerprint density at radius 3 is 2.78 bits per heavy atom. The van der Waals surface area contributed by atoms with Gasteiger partial charge in [0.2, 0.25) is 0 Å². The van der Waals surface area contributed by atoms with Crippen molar-refractivity contribution in [2.45, 2.75) is 31.8 Å². The molecule has 1 aromatic heterocycles. The fourth-order valence-corrected chi connectivity index (χ4v) is 3.70. The van der Waals surface area contributed by atoms with Crippen molar-refractivity contribution in [1.82, 2.24) is 9.88 Å². The van der Waals surface area contributed by atoms with Crippen LogP contribution in [0.15, 0.2) is 36.7 Å². The molecule has 1 aliphatic heterocycles. The zero-order chi connectivity index (χ0) is 16.0. The number of pyridine rings is 1. The number of anilines is 1. The summed E-state index contributed by atoms with van der Waals surface area (Å²) in [5.41, 5.74) is 0.731. The first kappa shape index (κ1) is 14.0. The molecule has 2 fully saturated rings. The fraction of sp³-hybridized carbons (Fsp3) is 0.389. The maximum absolute atomic E-state index is 12.9. The highest BCUT2D eigenvalue weighted by atomic mass is 16.2. The Hall–Kier alpha value is -2.61. The summed E-state index contributed by atoms with van der Waals surface area (Å²) in [4.78, 5) is 20.7. The molecule has 0 radical (unpaired) electrons. The summed E-state index contributed by atoms with van der Waals surface area (Å²) in [5, 5.41) is 11.5. The number of hydrogen-bond donors (Lipinski definition) is 0. The minimum absolute atomic E-state index is 0.0633. The minimum atomic E-state index is -0.453. The molecule has 1 atom stereocenters. The van der Waals surface area contributed by atoms with Crippen LogP contribution in [0.5, 0.6) is 0 Å². The number of hydrogen-bond acceptors (Lipinski definition) is 3. The van der Waals surface area contributed by atoms with Gasteiger partial charge in [-0.05, 0) is 18.8 Å². The number of aromatic nitrogens is 1. The third-order valence-electron chi connectivity index (χ3n) is 4.98. The Morgan fingerprint density at radius 2 is 2.04 bits per heavy atom. The molecule has 116 valence electrons. The van der Waals surface area contributed by atoms with Crippen LogP contribution >= 0.6 is 0 Å². The number of carbonyl (C=O) groups is 1. The predicted octanol–water partition coefficient (Wildman–Crippen LogP) is 3.17. The molecule has 1 saturated carbocycles. The van der Waals surface area contributed by atoms with Crippen molar-refractivity contribution in [3.8, 4) is 6.07 Å². The van der Waals surface area contributed by atoms with Crippen LogP contribution < -0.4 is 4.90 Å². The minimum Gasteiger partial charge on any atom is -0.318 e. The van der Waals surface area contributed by atoms with E-state index in [1.807, 2.05) is 29.2 Å². The van der Waals surface area contributed by atoms with E-state index in [9.17, 15) is 10.1 Å². The van der Waals surface area contributed by atoms with Crippen molar-refractivity contribution < 1.29 is 4.79 Å². The Labute approximate surface area is 135 Å². The van der Waals surface area contributed by atoms with E-state index in [1.165, 1.54) is 0 Å². The Kier molecular flexibility index (Phi) is 3.19. The molecule has 5 heteroatoms. The zero-order valence-corrected chi connectivity index (χ0v) is 13.0. The van der Waals surface area contributed by atoms with Gasteiger partial charge >= 0.3 is 6.03 Å². The average molecular weight is 306 g/mol. The number of nitriles is 1. The van der Waals surface area contributed by atoms with Crippen LogP contribution in [-0.4, -0.2) is 34.5 Å². The standard InChI is InChI=1S/C18H18N4O/c1-12-6-14(7-12)21-11-15(8-19)22(18(21)23)17-10-20-9-13-4-2-3-5-16(13)17/h2-5,9-10,12,14-15H,6-7,11H2,1H3. The van der Waals surface area contributed by atoms with Gasteiger partial charge in [0, 0.05) is 23.0 Å². The maximum Gasteiger partial charge on any atom is 0.326 e. The third kappa shape index (κ3) is 2.14. The summed E-state index contributed by atoms with van der Waals surface area (Å²) in [6.45, 7) is 2.68. The molecule has 1 unspecified atom stereocenters. The molecule has 1 aromatic carbocycles. The zero-order valence-electron chi connectivity index (χ0n) is 13.0. The SMILES string of the molecule is CC1CC(N2CC(C#N)N(c3cncc4ccccc34)C2=O)C1. The van der Waals surface area contributed by atoms with Crippen LogP contribution in [0.3, 0.4) is 0 Å². The number of amides is 2. The highest BCUT2D eigenvalue weighted by Crippen LogP contribution is 2.37. The largest absolute Gasteiger partial charge is 0.326 e. The van der Waals surface area contributed by atoms with E-state index in [-0.39, 0.29) is 12.1 Å². The number of rotatable bonds is 2. The summed E-state index contributed by atoms with van der Waals surface area (Å²) in [6, 6.07) is 9.89. The van der Waals surface area contributed by atoms with Crippen molar-refractivity contribution in [2.24, 2.45) is 5.92 Å². The summed E-state index contributed by atoms with van der Waals surface area (Å²) < 4.78 is 0. The smallest absolute Gasteiger partial charge is 0.318 e. The van der Waals surface area contributed by atoms with E-state index >= 15 is 0 Å². The summed E-state index contributed by atoms with van der Waals surface area (Å²) >= 11 is 0. The topological polar surface area (TPSA) is 60.2 Å².